The number of halogens is 2. The first-order valence-corrected chi connectivity index (χ1v) is 7.82. The monoisotopic (exact) mass is 409 g/mol. The summed E-state index contributed by atoms with van der Waals surface area (Å²) >= 11 is 3.14. The van der Waals surface area contributed by atoms with Crippen molar-refractivity contribution in [3.63, 3.8) is 0 Å². The van der Waals surface area contributed by atoms with Gasteiger partial charge in [-0.2, -0.15) is 5.10 Å². The lowest BCUT2D eigenvalue weighted by Crippen LogP contribution is -2.25. The lowest BCUT2D eigenvalue weighted by Gasteiger charge is -2.07. The molecule has 25 heavy (non-hydrogen) atoms. The number of nitrogens with one attached hydrogen (secondary N) is 1. The Balaban J connectivity index is 1.91. The Labute approximate surface area is 150 Å². The van der Waals surface area contributed by atoms with Crippen LogP contribution in [0.25, 0.3) is 0 Å². The molecule has 1 N–H and O–H groups in total. The Morgan fingerprint density at radius 1 is 1.32 bits per heavy atom. The van der Waals surface area contributed by atoms with Gasteiger partial charge in [0.2, 0.25) is 0 Å². The van der Waals surface area contributed by atoms with E-state index in [2.05, 4.69) is 26.5 Å². The lowest BCUT2D eigenvalue weighted by atomic mass is 10.1. The summed E-state index contributed by atoms with van der Waals surface area (Å²) in [6.45, 7) is 1.35. The van der Waals surface area contributed by atoms with Crippen molar-refractivity contribution in [1.82, 2.24) is 5.43 Å². The summed E-state index contributed by atoms with van der Waals surface area (Å²) in [4.78, 5) is 21.9. The van der Waals surface area contributed by atoms with Gasteiger partial charge in [-0.3, -0.25) is 14.9 Å². The molecule has 0 radical (unpaired) electrons. The number of carbonyl (C=O) groups is 1. The number of rotatable bonds is 6. The number of carbonyl (C=O) groups excluding carboxylic acids is 1. The topological polar surface area (TPSA) is 93.8 Å². The van der Waals surface area contributed by atoms with E-state index < -0.39 is 10.8 Å². The molecule has 0 bridgehead atoms. The highest BCUT2D eigenvalue weighted by atomic mass is 79.9. The molecule has 0 heterocycles. The maximum absolute atomic E-state index is 12.9. The van der Waals surface area contributed by atoms with Crippen LogP contribution in [0.2, 0.25) is 0 Å². The molecule has 1 amide bonds. The van der Waals surface area contributed by atoms with E-state index in [0.717, 1.165) is 0 Å². The molecule has 0 unspecified atom stereocenters. The number of nitrogens with zero attached hydrogens (tertiary/aromatic N) is 2. The zero-order valence-corrected chi connectivity index (χ0v) is 14.6. The van der Waals surface area contributed by atoms with Gasteiger partial charge in [-0.05, 0) is 46.6 Å². The Bertz CT molecular complexity index is 825. The average Bonchev–Trinajstić information content (AvgIpc) is 2.59. The Morgan fingerprint density at radius 2 is 2.00 bits per heavy atom. The highest BCUT2D eigenvalue weighted by molar-refractivity contribution is 9.10. The fourth-order valence-corrected chi connectivity index (χ4v) is 2.28. The molecule has 0 saturated carbocycles. The van der Waals surface area contributed by atoms with E-state index in [0.29, 0.717) is 21.5 Å². The first-order chi connectivity index (χ1) is 11.9. The van der Waals surface area contributed by atoms with E-state index in [4.69, 9.17) is 4.74 Å². The molecule has 0 saturated heterocycles. The van der Waals surface area contributed by atoms with E-state index in [1.807, 2.05) is 0 Å². The standard InChI is InChI=1S/C16H13BrFN3O4/c1-10(11-2-4-12(18)5-3-11)19-20-16(22)9-25-15-7-6-13(21(23)24)8-14(15)17/h2-8H,9H2,1H3,(H,20,22)/b19-10-. The number of hydrogen-bond donors (Lipinski definition) is 1. The van der Waals surface area contributed by atoms with Gasteiger partial charge in [0.05, 0.1) is 15.1 Å². The summed E-state index contributed by atoms with van der Waals surface area (Å²) in [6.07, 6.45) is 0. The zero-order chi connectivity index (χ0) is 18.4. The third-order valence-electron chi connectivity index (χ3n) is 3.10. The van der Waals surface area contributed by atoms with Crippen LogP contribution in [0.4, 0.5) is 10.1 Å². The molecule has 2 aromatic carbocycles. The molecule has 0 atom stereocenters. The Kier molecular flexibility index (Phi) is 6.18. The van der Waals surface area contributed by atoms with Crippen LogP contribution < -0.4 is 10.2 Å². The second-order valence-electron chi connectivity index (χ2n) is 4.90. The molecule has 7 nitrogen and oxygen atoms in total. The predicted molar refractivity (Wildman–Crippen MR) is 93.0 cm³/mol. The van der Waals surface area contributed by atoms with Crippen LogP contribution in [-0.4, -0.2) is 23.1 Å². The molecular weight excluding hydrogens is 397 g/mol. The van der Waals surface area contributed by atoms with E-state index in [1.165, 1.54) is 30.3 Å². The minimum atomic E-state index is -0.534. The molecule has 0 spiro atoms. The van der Waals surface area contributed by atoms with Gasteiger partial charge in [0.15, 0.2) is 6.61 Å². The third kappa shape index (κ3) is 5.35. The van der Waals surface area contributed by atoms with Crippen molar-refractivity contribution in [3.05, 3.63) is 68.4 Å². The van der Waals surface area contributed by atoms with E-state index in [-0.39, 0.29) is 18.1 Å². The first kappa shape index (κ1) is 18.5. The summed E-state index contributed by atoms with van der Waals surface area (Å²) in [5.74, 6) is -0.575. The molecule has 0 fully saturated rings. The smallest absolute Gasteiger partial charge is 0.277 e. The minimum absolute atomic E-state index is 0.0943. The number of benzene rings is 2. The molecular formula is C16H13BrFN3O4. The van der Waals surface area contributed by atoms with Gasteiger partial charge < -0.3 is 4.74 Å². The van der Waals surface area contributed by atoms with Gasteiger partial charge in [0, 0.05) is 12.1 Å². The lowest BCUT2D eigenvalue weighted by molar-refractivity contribution is -0.384. The molecule has 2 rings (SSSR count). The van der Waals surface area contributed by atoms with Crippen molar-refractivity contribution >= 4 is 33.2 Å². The SMILES string of the molecule is C/C(=N/NC(=O)COc1ccc([N+](=O)[O-])cc1Br)c1ccc(F)cc1. The fourth-order valence-electron chi connectivity index (χ4n) is 1.80. The molecule has 0 aliphatic heterocycles. The number of nitro benzene ring substituents is 1. The van der Waals surface area contributed by atoms with Crippen LogP contribution in [0.15, 0.2) is 52.0 Å². The molecule has 0 aromatic heterocycles. The van der Waals surface area contributed by atoms with Crippen LogP contribution in [0, 0.1) is 15.9 Å². The number of amides is 1. The molecule has 2 aromatic rings. The van der Waals surface area contributed by atoms with Gasteiger partial charge in [-0.25, -0.2) is 9.82 Å². The van der Waals surface area contributed by atoms with Crippen LogP contribution in [0.1, 0.15) is 12.5 Å². The van der Waals surface area contributed by atoms with Crippen LogP contribution in [-0.2, 0) is 4.79 Å². The van der Waals surface area contributed by atoms with Crippen molar-refractivity contribution < 1.29 is 18.8 Å². The van der Waals surface area contributed by atoms with Crippen molar-refractivity contribution in [2.24, 2.45) is 5.10 Å². The minimum Gasteiger partial charge on any atom is -0.483 e. The van der Waals surface area contributed by atoms with Gasteiger partial charge in [0.25, 0.3) is 11.6 Å². The molecule has 130 valence electrons. The van der Waals surface area contributed by atoms with Crippen LogP contribution >= 0.6 is 15.9 Å². The summed E-state index contributed by atoms with van der Waals surface area (Å²) < 4.78 is 18.5. The highest BCUT2D eigenvalue weighted by Crippen LogP contribution is 2.28. The van der Waals surface area contributed by atoms with Crippen molar-refractivity contribution in [2.75, 3.05) is 6.61 Å². The average molecular weight is 410 g/mol. The zero-order valence-electron chi connectivity index (χ0n) is 13.0. The summed E-state index contributed by atoms with van der Waals surface area (Å²) in [7, 11) is 0. The number of hydrazone groups is 1. The van der Waals surface area contributed by atoms with Crippen molar-refractivity contribution in [2.45, 2.75) is 6.92 Å². The Morgan fingerprint density at radius 3 is 2.60 bits per heavy atom. The summed E-state index contributed by atoms with van der Waals surface area (Å²) in [5, 5.41) is 14.6. The maximum Gasteiger partial charge on any atom is 0.277 e. The van der Waals surface area contributed by atoms with Crippen molar-refractivity contribution in [3.8, 4) is 5.75 Å². The van der Waals surface area contributed by atoms with E-state index in [1.54, 1.807) is 19.1 Å². The Hall–Kier alpha value is -2.81. The second-order valence-corrected chi connectivity index (χ2v) is 5.75. The van der Waals surface area contributed by atoms with Crippen LogP contribution in [0.3, 0.4) is 0 Å². The fraction of sp³-hybridized carbons (Fsp3) is 0.125. The second kappa shape index (κ2) is 8.34. The number of nitro groups is 1. The third-order valence-corrected chi connectivity index (χ3v) is 3.72. The van der Waals surface area contributed by atoms with Gasteiger partial charge in [-0.15, -0.1) is 0 Å². The number of non-ortho nitro benzene ring substituents is 1. The number of ether oxygens (including phenoxy) is 1. The van der Waals surface area contributed by atoms with E-state index >= 15 is 0 Å². The molecule has 9 heteroatoms. The van der Waals surface area contributed by atoms with Crippen molar-refractivity contribution in [1.29, 1.82) is 0 Å². The summed E-state index contributed by atoms with van der Waals surface area (Å²) in [5.41, 5.74) is 3.40. The molecule has 0 aliphatic rings. The largest absolute Gasteiger partial charge is 0.483 e. The quantitative estimate of drug-likeness (QED) is 0.449. The van der Waals surface area contributed by atoms with Gasteiger partial charge in [0.1, 0.15) is 11.6 Å². The predicted octanol–water partition coefficient (Wildman–Crippen LogP) is 3.42. The molecule has 0 aliphatic carbocycles. The maximum atomic E-state index is 12.9. The van der Waals surface area contributed by atoms with Crippen LogP contribution in [0.5, 0.6) is 5.75 Å². The first-order valence-electron chi connectivity index (χ1n) is 7.02. The van der Waals surface area contributed by atoms with Gasteiger partial charge >= 0.3 is 0 Å². The van der Waals surface area contributed by atoms with E-state index in [9.17, 15) is 19.3 Å². The number of hydrogen-bond acceptors (Lipinski definition) is 5. The normalized spacial score (nSPS) is 11.1. The highest BCUT2D eigenvalue weighted by Gasteiger charge is 2.11. The van der Waals surface area contributed by atoms with Gasteiger partial charge in [-0.1, -0.05) is 12.1 Å². The summed E-state index contributed by atoms with van der Waals surface area (Å²) in [6, 6.07) is 9.63.